The molecule has 0 spiro atoms. The van der Waals surface area contributed by atoms with E-state index in [0.29, 0.717) is 24.2 Å². The molecule has 0 aliphatic carbocycles. The summed E-state index contributed by atoms with van der Waals surface area (Å²) < 4.78 is 14.5. The zero-order valence-electron chi connectivity index (χ0n) is 18.7. The van der Waals surface area contributed by atoms with Crippen molar-refractivity contribution in [1.82, 2.24) is 20.3 Å². The van der Waals surface area contributed by atoms with E-state index in [-0.39, 0.29) is 24.8 Å². The van der Waals surface area contributed by atoms with Crippen LogP contribution >= 0.6 is 11.8 Å². The lowest BCUT2D eigenvalue weighted by atomic mass is 10.1. The van der Waals surface area contributed by atoms with Crippen LogP contribution in [-0.4, -0.2) is 33.2 Å². The summed E-state index contributed by atoms with van der Waals surface area (Å²) in [5.74, 6) is -0.700. The first-order chi connectivity index (χ1) is 17.1. The molecule has 0 unspecified atom stereocenters. The summed E-state index contributed by atoms with van der Waals surface area (Å²) in [5, 5.41) is 10.9. The molecule has 1 amide bonds. The summed E-state index contributed by atoms with van der Waals surface area (Å²) in [6, 6.07) is 21.7. The zero-order valence-corrected chi connectivity index (χ0v) is 19.5. The predicted molar refractivity (Wildman–Crippen MR) is 131 cm³/mol. The average Bonchev–Trinajstić information content (AvgIpc) is 3.32. The van der Waals surface area contributed by atoms with Gasteiger partial charge in [-0.15, -0.1) is 5.10 Å². The molecule has 0 radical (unpaired) electrons. The Morgan fingerprint density at radius 2 is 1.57 bits per heavy atom. The van der Waals surface area contributed by atoms with Gasteiger partial charge < -0.3 is 10.2 Å². The molecule has 176 valence electrons. The Kier molecular flexibility index (Phi) is 6.58. The fourth-order valence-corrected chi connectivity index (χ4v) is 4.98. The second-order valence-electron chi connectivity index (χ2n) is 8.05. The van der Waals surface area contributed by atoms with Gasteiger partial charge in [-0.3, -0.25) is 9.59 Å². The first kappa shape index (κ1) is 22.8. The van der Waals surface area contributed by atoms with Gasteiger partial charge in [0.05, 0.1) is 24.1 Å². The van der Waals surface area contributed by atoms with Crippen molar-refractivity contribution in [2.45, 2.75) is 29.3 Å². The van der Waals surface area contributed by atoms with E-state index in [1.165, 1.54) is 38.7 Å². The molecule has 4 aromatic rings. The van der Waals surface area contributed by atoms with E-state index in [1.54, 1.807) is 18.0 Å². The number of nitrogens with zero attached hydrogens (tertiary/aromatic N) is 4. The van der Waals surface area contributed by atoms with Crippen LogP contribution in [0.25, 0.3) is 0 Å². The fourth-order valence-electron chi connectivity index (χ4n) is 3.88. The highest BCUT2D eigenvalue weighted by molar-refractivity contribution is 7.99. The van der Waals surface area contributed by atoms with E-state index < -0.39 is 5.82 Å². The van der Waals surface area contributed by atoms with Crippen LogP contribution in [0.15, 0.2) is 88.8 Å². The van der Waals surface area contributed by atoms with Crippen molar-refractivity contribution in [2.75, 3.05) is 11.4 Å². The second-order valence-corrected chi connectivity index (χ2v) is 9.14. The molecule has 1 N–H and O–H groups in total. The van der Waals surface area contributed by atoms with Crippen LogP contribution in [0, 0.1) is 5.82 Å². The average molecular weight is 488 g/mol. The summed E-state index contributed by atoms with van der Waals surface area (Å²) in [4.78, 5) is 29.4. The van der Waals surface area contributed by atoms with Gasteiger partial charge in [-0.25, -0.2) is 9.07 Å². The topological polar surface area (TPSA) is 80.1 Å². The van der Waals surface area contributed by atoms with E-state index in [4.69, 9.17) is 0 Å². The smallest absolute Gasteiger partial charge is 0.222 e. The number of amides is 1. The van der Waals surface area contributed by atoms with Gasteiger partial charge in [0, 0.05) is 28.3 Å². The number of rotatable bonds is 8. The molecule has 9 heteroatoms. The summed E-state index contributed by atoms with van der Waals surface area (Å²) in [7, 11) is 0. The molecule has 0 bridgehead atoms. The number of para-hydroxylation sites is 2. The molecule has 0 fully saturated rings. The Labute approximate surface area is 206 Å². The minimum absolute atomic E-state index is 0.0155. The van der Waals surface area contributed by atoms with Crippen LogP contribution in [0.4, 0.5) is 15.8 Å². The van der Waals surface area contributed by atoms with Crippen LogP contribution in [0.5, 0.6) is 0 Å². The molecular weight excluding hydrogens is 465 g/mol. The monoisotopic (exact) mass is 487 g/mol. The minimum Gasteiger partial charge on any atom is -0.350 e. The van der Waals surface area contributed by atoms with Crippen molar-refractivity contribution in [3.63, 3.8) is 0 Å². The number of hydrogen-bond donors (Lipinski definition) is 1. The largest absolute Gasteiger partial charge is 0.350 e. The molecule has 35 heavy (non-hydrogen) atoms. The number of carbonyl (C=O) groups is 2. The Morgan fingerprint density at radius 1 is 0.914 bits per heavy atom. The number of anilines is 2. The molecule has 0 saturated carbocycles. The molecule has 0 atom stereocenters. The molecule has 2 heterocycles. The summed E-state index contributed by atoms with van der Waals surface area (Å²) in [6.45, 7) is 0.740. The first-order valence-corrected chi connectivity index (χ1v) is 12.0. The van der Waals surface area contributed by atoms with Crippen LogP contribution < -0.4 is 10.2 Å². The van der Waals surface area contributed by atoms with Gasteiger partial charge in [0.15, 0.2) is 5.78 Å². The van der Waals surface area contributed by atoms with Crippen LogP contribution in [0.1, 0.15) is 22.5 Å². The van der Waals surface area contributed by atoms with Gasteiger partial charge in [0.25, 0.3) is 0 Å². The quantitative estimate of drug-likeness (QED) is 0.366. The Balaban J connectivity index is 1.16. The molecule has 5 rings (SSSR count). The molecule has 3 aromatic carbocycles. The molecular formula is C26H22FN5O2S. The fraction of sp³-hybridized carbons (Fsp3) is 0.154. The normalized spacial score (nSPS) is 12.1. The predicted octanol–water partition coefficient (Wildman–Crippen LogP) is 4.61. The number of carbonyl (C=O) groups excluding carboxylic acids is 2. The highest BCUT2D eigenvalue weighted by Gasteiger charge is 2.23. The van der Waals surface area contributed by atoms with Crippen molar-refractivity contribution in [3.05, 3.63) is 96.1 Å². The van der Waals surface area contributed by atoms with Gasteiger partial charge >= 0.3 is 0 Å². The summed E-state index contributed by atoms with van der Waals surface area (Å²) in [5.41, 5.74) is 3.14. The van der Waals surface area contributed by atoms with Gasteiger partial charge in [-0.05, 0) is 48.5 Å². The SMILES string of the molecule is O=C(CCN1c2ccccc2Sc2ccccc21)NCc1cn(CC(=O)c2ccc(F)cc2)nn1. The van der Waals surface area contributed by atoms with Gasteiger partial charge in [-0.2, -0.15) is 0 Å². The number of nitrogens with one attached hydrogen (secondary N) is 1. The highest BCUT2D eigenvalue weighted by Crippen LogP contribution is 2.47. The maximum Gasteiger partial charge on any atom is 0.222 e. The van der Waals surface area contributed by atoms with Gasteiger partial charge in [0.2, 0.25) is 5.91 Å². The number of benzene rings is 3. The van der Waals surface area contributed by atoms with E-state index in [1.807, 2.05) is 24.3 Å². The lowest BCUT2D eigenvalue weighted by Gasteiger charge is -2.32. The molecule has 7 nitrogen and oxygen atoms in total. The highest BCUT2D eigenvalue weighted by atomic mass is 32.2. The van der Waals surface area contributed by atoms with E-state index in [9.17, 15) is 14.0 Å². The molecule has 1 aliphatic rings. The van der Waals surface area contributed by atoms with Crippen LogP contribution in [-0.2, 0) is 17.9 Å². The number of halogens is 1. The number of ketones is 1. The van der Waals surface area contributed by atoms with Crippen molar-refractivity contribution >= 4 is 34.8 Å². The zero-order chi connectivity index (χ0) is 24.2. The maximum absolute atomic E-state index is 13.0. The maximum atomic E-state index is 13.0. The molecule has 1 aromatic heterocycles. The standard InChI is InChI=1S/C26H22FN5O2S/c27-19-11-9-18(10-12-19)23(33)17-31-16-20(29-30-31)15-28-26(34)13-14-32-21-5-1-3-7-24(21)35-25-8-4-2-6-22(25)32/h1-12,16H,13-15,17H2,(H,28,34). The summed E-state index contributed by atoms with van der Waals surface area (Å²) in [6.07, 6.45) is 1.93. The number of aromatic nitrogens is 3. The second kappa shape index (κ2) is 10.1. The third-order valence-corrected chi connectivity index (χ3v) is 6.75. The van der Waals surface area contributed by atoms with Crippen molar-refractivity contribution in [3.8, 4) is 0 Å². The molecule has 0 saturated heterocycles. The Hall–Kier alpha value is -3.98. The molecule has 1 aliphatic heterocycles. The van der Waals surface area contributed by atoms with Crippen LogP contribution in [0.3, 0.4) is 0 Å². The third-order valence-electron chi connectivity index (χ3n) is 5.62. The Morgan fingerprint density at radius 3 is 2.26 bits per heavy atom. The minimum atomic E-state index is -0.395. The van der Waals surface area contributed by atoms with Crippen LogP contribution in [0.2, 0.25) is 0 Å². The van der Waals surface area contributed by atoms with E-state index in [2.05, 4.69) is 44.8 Å². The lowest BCUT2D eigenvalue weighted by molar-refractivity contribution is -0.121. The van der Waals surface area contributed by atoms with E-state index >= 15 is 0 Å². The van der Waals surface area contributed by atoms with Crippen molar-refractivity contribution in [1.29, 1.82) is 0 Å². The van der Waals surface area contributed by atoms with Crippen molar-refractivity contribution in [2.24, 2.45) is 0 Å². The third kappa shape index (κ3) is 5.25. The Bertz CT molecular complexity index is 1330. The van der Waals surface area contributed by atoms with Gasteiger partial charge in [-0.1, -0.05) is 41.2 Å². The van der Waals surface area contributed by atoms with E-state index in [0.717, 1.165) is 11.4 Å². The lowest BCUT2D eigenvalue weighted by Crippen LogP contribution is -2.29. The number of hydrogen-bond acceptors (Lipinski definition) is 6. The number of fused-ring (bicyclic) bond motifs is 2. The number of Topliss-reactive ketones (excluding diaryl/α,β-unsaturated/α-hetero) is 1. The van der Waals surface area contributed by atoms with Gasteiger partial charge in [0.1, 0.15) is 18.1 Å². The first-order valence-electron chi connectivity index (χ1n) is 11.1. The summed E-state index contributed by atoms with van der Waals surface area (Å²) >= 11 is 1.73. The van der Waals surface area contributed by atoms with Crippen molar-refractivity contribution < 1.29 is 14.0 Å².